The summed E-state index contributed by atoms with van der Waals surface area (Å²) < 4.78 is 6.22. The Balaban J connectivity index is 2.56. The summed E-state index contributed by atoms with van der Waals surface area (Å²) in [7, 11) is 0. The largest absolute Gasteiger partial charge is 0.487 e. The van der Waals surface area contributed by atoms with E-state index in [-0.39, 0.29) is 5.69 Å². The Morgan fingerprint density at radius 1 is 1.29 bits per heavy atom. The predicted octanol–water partition coefficient (Wildman–Crippen LogP) is 4.30. The lowest BCUT2D eigenvalue weighted by Crippen LogP contribution is -2.00. The van der Waals surface area contributed by atoms with Gasteiger partial charge in [-0.05, 0) is 25.3 Å². The van der Waals surface area contributed by atoms with Crippen LogP contribution in [0.5, 0.6) is 5.75 Å². The summed E-state index contributed by atoms with van der Waals surface area (Å²) in [4.78, 5) is 10.3. The van der Waals surface area contributed by atoms with Gasteiger partial charge in [0.1, 0.15) is 0 Å². The van der Waals surface area contributed by atoms with E-state index in [9.17, 15) is 10.1 Å². The molecule has 1 aromatic rings. The Morgan fingerprint density at radius 2 is 2.06 bits per heavy atom. The van der Waals surface area contributed by atoms with E-state index in [0.717, 1.165) is 29.1 Å². The van der Waals surface area contributed by atoms with Crippen LogP contribution in [0.1, 0.15) is 19.3 Å². The van der Waals surface area contributed by atoms with Gasteiger partial charge in [0.15, 0.2) is 5.75 Å². The third-order valence-electron chi connectivity index (χ3n) is 2.15. The molecule has 0 heterocycles. The lowest BCUT2D eigenvalue weighted by molar-refractivity contribution is -0.385. The average Bonchev–Trinajstić information content (AvgIpc) is 2.28. The molecule has 0 aromatic heterocycles. The van der Waals surface area contributed by atoms with Crippen LogP contribution in [0.25, 0.3) is 0 Å². The fourth-order valence-electron chi connectivity index (χ4n) is 1.31. The van der Waals surface area contributed by atoms with Crippen molar-refractivity contribution in [1.82, 2.24) is 0 Å². The molecule has 1 rings (SSSR count). The van der Waals surface area contributed by atoms with Crippen molar-refractivity contribution in [3.8, 4) is 5.75 Å². The van der Waals surface area contributed by atoms with Gasteiger partial charge in [0.05, 0.1) is 11.5 Å². The number of alkyl halides is 1. The molecule has 4 nitrogen and oxygen atoms in total. The molecule has 0 aliphatic carbocycles. The third kappa shape index (κ3) is 5.04. The molecule has 0 aliphatic heterocycles. The fourth-order valence-corrected chi connectivity index (χ4v) is 2.05. The van der Waals surface area contributed by atoms with Crippen LogP contribution in [0.3, 0.4) is 0 Å². The highest BCUT2D eigenvalue weighted by Gasteiger charge is 2.14. The number of rotatable bonds is 7. The van der Waals surface area contributed by atoms with Gasteiger partial charge in [-0.15, -0.1) is 0 Å². The highest BCUT2D eigenvalue weighted by Crippen LogP contribution is 2.30. The van der Waals surface area contributed by atoms with Crippen LogP contribution in [0, 0.1) is 10.1 Å². The number of hydrogen-bond donors (Lipinski definition) is 0. The average molecular weight is 367 g/mol. The second-order valence-corrected chi connectivity index (χ2v) is 5.18. The predicted molar refractivity (Wildman–Crippen MR) is 73.9 cm³/mol. The molecule has 0 aliphatic rings. The molecule has 0 spiro atoms. The van der Waals surface area contributed by atoms with E-state index in [1.807, 2.05) is 0 Å². The minimum Gasteiger partial charge on any atom is -0.487 e. The molecule has 0 bridgehead atoms. The number of nitro benzene ring substituents is 1. The summed E-state index contributed by atoms with van der Waals surface area (Å²) in [6.07, 6.45) is 3.03. The van der Waals surface area contributed by atoms with Crippen LogP contribution in [0.4, 0.5) is 5.69 Å². The molecule has 0 saturated heterocycles. The van der Waals surface area contributed by atoms with Gasteiger partial charge in [0.2, 0.25) is 0 Å². The van der Waals surface area contributed by atoms with Gasteiger partial charge in [0.25, 0.3) is 0 Å². The Labute approximate surface area is 117 Å². The van der Waals surface area contributed by atoms with Crippen molar-refractivity contribution in [2.24, 2.45) is 0 Å². The molecule has 0 radical (unpaired) electrons. The van der Waals surface area contributed by atoms with E-state index in [1.165, 1.54) is 6.07 Å². The molecule has 94 valence electrons. The number of unbranched alkanes of at least 4 members (excludes halogenated alkanes) is 2. The van der Waals surface area contributed by atoms with Crippen molar-refractivity contribution in [2.75, 3.05) is 11.9 Å². The van der Waals surface area contributed by atoms with Crippen molar-refractivity contribution in [1.29, 1.82) is 0 Å². The summed E-state index contributed by atoms with van der Waals surface area (Å²) >= 11 is 6.62. The first-order valence-electron chi connectivity index (χ1n) is 5.28. The summed E-state index contributed by atoms with van der Waals surface area (Å²) in [5.41, 5.74) is 0.00805. The molecule has 0 fully saturated rings. The molecule has 0 N–H and O–H groups in total. The summed E-state index contributed by atoms with van der Waals surface area (Å²) in [6, 6.07) is 4.70. The first kappa shape index (κ1) is 14.4. The second kappa shape index (κ2) is 7.66. The van der Waals surface area contributed by atoms with E-state index in [4.69, 9.17) is 4.74 Å². The Bertz CT molecular complexity index is 385. The van der Waals surface area contributed by atoms with Crippen molar-refractivity contribution >= 4 is 37.5 Å². The van der Waals surface area contributed by atoms with Gasteiger partial charge in [-0.1, -0.05) is 31.9 Å². The first-order chi connectivity index (χ1) is 8.15. The summed E-state index contributed by atoms with van der Waals surface area (Å²) in [5.74, 6) is 0.322. The maximum absolute atomic E-state index is 10.8. The van der Waals surface area contributed by atoms with Crippen LogP contribution in [-0.4, -0.2) is 16.9 Å². The topological polar surface area (TPSA) is 52.4 Å². The highest BCUT2D eigenvalue weighted by molar-refractivity contribution is 9.10. The number of halogens is 2. The van der Waals surface area contributed by atoms with E-state index < -0.39 is 4.92 Å². The lowest BCUT2D eigenvalue weighted by atomic mass is 10.2. The van der Waals surface area contributed by atoms with Crippen molar-refractivity contribution in [3.05, 3.63) is 32.8 Å². The minimum atomic E-state index is -0.430. The van der Waals surface area contributed by atoms with Gasteiger partial charge >= 0.3 is 5.69 Å². The van der Waals surface area contributed by atoms with Crippen LogP contribution in [0.2, 0.25) is 0 Å². The minimum absolute atomic E-state index is 0.00805. The number of benzene rings is 1. The van der Waals surface area contributed by atoms with E-state index in [1.54, 1.807) is 12.1 Å². The summed E-state index contributed by atoms with van der Waals surface area (Å²) in [6.45, 7) is 0.504. The van der Waals surface area contributed by atoms with E-state index >= 15 is 0 Å². The Kier molecular flexibility index (Phi) is 6.50. The standard InChI is InChI=1S/C11H13Br2NO3/c12-6-2-1-3-7-17-11-8-9(13)4-5-10(11)14(15)16/h4-5,8H,1-3,6-7H2. The quantitative estimate of drug-likeness (QED) is 0.313. The molecular weight excluding hydrogens is 354 g/mol. The van der Waals surface area contributed by atoms with Crippen molar-refractivity contribution < 1.29 is 9.66 Å². The normalized spacial score (nSPS) is 10.2. The van der Waals surface area contributed by atoms with Gasteiger partial charge in [-0.25, -0.2) is 0 Å². The Morgan fingerprint density at radius 3 is 2.71 bits per heavy atom. The molecule has 17 heavy (non-hydrogen) atoms. The van der Waals surface area contributed by atoms with Gasteiger partial charge in [-0.2, -0.15) is 0 Å². The van der Waals surface area contributed by atoms with Crippen LogP contribution in [0.15, 0.2) is 22.7 Å². The zero-order valence-corrected chi connectivity index (χ0v) is 12.4. The summed E-state index contributed by atoms with van der Waals surface area (Å²) in [5, 5.41) is 11.7. The molecule has 0 saturated carbocycles. The second-order valence-electron chi connectivity index (χ2n) is 3.47. The molecule has 6 heteroatoms. The Hall–Kier alpha value is -0.620. The molecule has 0 atom stereocenters. The SMILES string of the molecule is O=[N+]([O-])c1ccc(Br)cc1OCCCCCBr. The molecule has 0 unspecified atom stereocenters. The number of nitro groups is 1. The van der Waals surface area contributed by atoms with E-state index in [2.05, 4.69) is 31.9 Å². The zero-order valence-electron chi connectivity index (χ0n) is 9.20. The number of ether oxygens (including phenoxy) is 1. The van der Waals surface area contributed by atoms with Gasteiger partial charge < -0.3 is 4.74 Å². The fraction of sp³-hybridized carbons (Fsp3) is 0.455. The highest BCUT2D eigenvalue weighted by atomic mass is 79.9. The van der Waals surface area contributed by atoms with E-state index in [0.29, 0.717) is 12.4 Å². The van der Waals surface area contributed by atoms with Crippen LogP contribution >= 0.6 is 31.9 Å². The van der Waals surface area contributed by atoms with Crippen LogP contribution < -0.4 is 4.74 Å². The van der Waals surface area contributed by atoms with Crippen LogP contribution in [-0.2, 0) is 0 Å². The molecular formula is C11H13Br2NO3. The third-order valence-corrected chi connectivity index (χ3v) is 3.21. The maximum Gasteiger partial charge on any atom is 0.310 e. The number of hydrogen-bond acceptors (Lipinski definition) is 3. The first-order valence-corrected chi connectivity index (χ1v) is 7.19. The van der Waals surface area contributed by atoms with Crippen molar-refractivity contribution in [2.45, 2.75) is 19.3 Å². The molecule has 0 amide bonds. The lowest BCUT2D eigenvalue weighted by Gasteiger charge is -2.06. The monoisotopic (exact) mass is 365 g/mol. The van der Waals surface area contributed by atoms with Crippen molar-refractivity contribution in [3.63, 3.8) is 0 Å². The van der Waals surface area contributed by atoms with Gasteiger partial charge in [-0.3, -0.25) is 10.1 Å². The smallest absolute Gasteiger partial charge is 0.310 e. The number of nitrogens with zero attached hydrogens (tertiary/aromatic N) is 1. The maximum atomic E-state index is 10.8. The molecule has 1 aromatic carbocycles. The van der Waals surface area contributed by atoms with Gasteiger partial charge in [0, 0.05) is 21.9 Å². The zero-order chi connectivity index (χ0) is 12.7.